The van der Waals surface area contributed by atoms with Gasteiger partial charge in [-0.15, -0.1) is 0 Å². The first-order valence-electron chi connectivity index (χ1n) is 4.65. The van der Waals surface area contributed by atoms with Crippen LogP contribution in [0.5, 0.6) is 0 Å². The van der Waals surface area contributed by atoms with Crippen LogP contribution in [0.15, 0.2) is 48.7 Å². The number of carbonyl (C=O) groups excluding carboxylic acids is 1. The van der Waals surface area contributed by atoms with Gasteiger partial charge in [0.2, 0.25) is 0 Å². The predicted molar refractivity (Wildman–Crippen MR) is 59.4 cm³/mol. The normalized spacial score (nSPS) is 9.93. The van der Waals surface area contributed by atoms with E-state index >= 15 is 0 Å². The molecule has 0 amide bonds. The second-order valence-corrected chi connectivity index (χ2v) is 3.22. The molecule has 0 aliphatic heterocycles. The van der Waals surface area contributed by atoms with Gasteiger partial charge in [0, 0.05) is 18.7 Å². The minimum atomic E-state index is -0.255. The van der Waals surface area contributed by atoms with Crippen molar-refractivity contribution in [3.8, 4) is 11.1 Å². The van der Waals surface area contributed by atoms with Crippen LogP contribution in [0.4, 0.5) is 0 Å². The number of nitrogens with zero attached hydrogens (tertiary/aromatic N) is 1. The number of pyridine rings is 1. The summed E-state index contributed by atoms with van der Waals surface area (Å²) in [5.41, 5.74) is 2.49. The average Bonchev–Trinajstić information content (AvgIpc) is 2.30. The van der Waals surface area contributed by atoms with Gasteiger partial charge in [-0.2, -0.15) is 0 Å². The number of rotatable bonds is 2. The van der Waals surface area contributed by atoms with Crippen LogP contribution in [0.3, 0.4) is 0 Å². The lowest BCUT2D eigenvalue weighted by atomic mass is 10.1. The van der Waals surface area contributed by atoms with Crippen molar-refractivity contribution in [2.45, 2.75) is 0 Å². The van der Waals surface area contributed by atoms with Crippen LogP contribution in [0.25, 0.3) is 11.1 Å². The van der Waals surface area contributed by atoms with Gasteiger partial charge in [0.05, 0.1) is 0 Å². The summed E-state index contributed by atoms with van der Waals surface area (Å²) in [7, 11) is 0. The van der Waals surface area contributed by atoms with Crippen molar-refractivity contribution in [2.75, 3.05) is 0 Å². The van der Waals surface area contributed by atoms with Crippen molar-refractivity contribution < 1.29 is 4.79 Å². The van der Waals surface area contributed by atoms with Crippen molar-refractivity contribution in [2.24, 2.45) is 0 Å². The van der Waals surface area contributed by atoms with Gasteiger partial charge in [-0.25, -0.2) is 0 Å². The zero-order valence-corrected chi connectivity index (χ0v) is 8.18. The van der Waals surface area contributed by atoms with E-state index in [1.807, 2.05) is 36.4 Å². The Labute approximate surface area is 88.6 Å². The first-order chi connectivity index (χ1) is 7.27. The third-order valence-corrected chi connectivity index (χ3v) is 2.16. The fourth-order valence-corrected chi connectivity index (χ4v) is 1.36. The Morgan fingerprint density at radius 1 is 1.00 bits per heavy atom. The maximum atomic E-state index is 10.9. The van der Waals surface area contributed by atoms with Crippen LogP contribution in [-0.2, 0) is 0 Å². The monoisotopic (exact) mass is 196 g/mol. The topological polar surface area (TPSA) is 30.0 Å². The Hall–Kier alpha value is -1.96. The molecule has 1 heterocycles. The Kier molecular flexibility index (Phi) is 2.59. The Balaban J connectivity index is 2.36. The molecule has 1 aromatic carbocycles. The van der Waals surface area contributed by atoms with E-state index in [2.05, 4.69) is 11.9 Å². The number of benzene rings is 1. The van der Waals surface area contributed by atoms with Crippen molar-refractivity contribution >= 4 is 5.78 Å². The second-order valence-electron chi connectivity index (χ2n) is 3.22. The molecule has 0 spiro atoms. The molecule has 2 aromatic rings. The largest absolute Gasteiger partial charge is 0.292 e. The maximum Gasteiger partial charge on any atom is 0.181 e. The van der Waals surface area contributed by atoms with Gasteiger partial charge >= 0.3 is 0 Å². The van der Waals surface area contributed by atoms with Gasteiger partial charge in [-0.1, -0.05) is 36.4 Å². The molecule has 0 N–H and O–H groups in total. The average molecular weight is 196 g/mol. The molecule has 2 heteroatoms. The summed E-state index contributed by atoms with van der Waals surface area (Å²) in [4.78, 5) is 15.0. The summed E-state index contributed by atoms with van der Waals surface area (Å²) < 4.78 is 0. The van der Waals surface area contributed by atoms with Gasteiger partial charge in [-0.3, -0.25) is 9.78 Å². The lowest BCUT2D eigenvalue weighted by Gasteiger charge is -2.01. The van der Waals surface area contributed by atoms with Crippen molar-refractivity contribution in [1.82, 2.24) is 4.98 Å². The summed E-state index contributed by atoms with van der Waals surface area (Å²) in [6.07, 6.45) is 1.69. The number of hydrogen-bond acceptors (Lipinski definition) is 2. The molecular formula is C13H10NO. The number of ketones is 1. The van der Waals surface area contributed by atoms with E-state index < -0.39 is 0 Å². The molecule has 0 aliphatic carbocycles. The zero-order valence-electron chi connectivity index (χ0n) is 8.18. The van der Waals surface area contributed by atoms with E-state index in [9.17, 15) is 4.79 Å². The lowest BCUT2D eigenvalue weighted by molar-refractivity contribution is 0.104. The summed E-state index contributed by atoms with van der Waals surface area (Å²) >= 11 is 0. The molecule has 15 heavy (non-hydrogen) atoms. The molecule has 0 atom stereocenters. The van der Waals surface area contributed by atoms with Crippen LogP contribution < -0.4 is 0 Å². The smallest absolute Gasteiger partial charge is 0.181 e. The maximum absolute atomic E-state index is 10.9. The number of Topliss-reactive ketones (excluding diaryl/α,β-unsaturated/α-hetero) is 1. The number of carbonyl (C=O) groups is 1. The Morgan fingerprint density at radius 3 is 2.27 bits per heavy atom. The summed E-state index contributed by atoms with van der Waals surface area (Å²) in [5.74, 6) is -0.255. The molecule has 0 unspecified atom stereocenters. The van der Waals surface area contributed by atoms with Gasteiger partial charge < -0.3 is 0 Å². The van der Waals surface area contributed by atoms with Crippen LogP contribution in [-0.4, -0.2) is 10.8 Å². The molecular weight excluding hydrogens is 186 g/mol. The fourth-order valence-electron chi connectivity index (χ4n) is 1.36. The van der Waals surface area contributed by atoms with E-state index in [0.29, 0.717) is 5.69 Å². The van der Waals surface area contributed by atoms with Crippen molar-refractivity contribution in [3.05, 3.63) is 61.3 Å². The molecule has 73 valence electrons. The highest BCUT2D eigenvalue weighted by Gasteiger charge is 2.01. The van der Waals surface area contributed by atoms with Crippen LogP contribution in [0.1, 0.15) is 10.5 Å². The molecule has 1 radical (unpaired) electrons. The highest BCUT2D eigenvalue weighted by Crippen LogP contribution is 2.17. The standard InChI is InChI=1S/C13H10NO/c1-10(15)13-8-7-12(9-14-13)11-5-3-2-4-6-11/h2-9H,1H2. The second kappa shape index (κ2) is 4.05. The molecule has 1 aromatic heterocycles. The van der Waals surface area contributed by atoms with Crippen LogP contribution >= 0.6 is 0 Å². The fraction of sp³-hybridized carbons (Fsp3) is 0. The number of aromatic nitrogens is 1. The van der Waals surface area contributed by atoms with E-state index in [4.69, 9.17) is 0 Å². The number of hydrogen-bond donors (Lipinski definition) is 0. The minimum Gasteiger partial charge on any atom is -0.292 e. The summed E-state index contributed by atoms with van der Waals surface area (Å²) in [6.45, 7) is 3.31. The van der Waals surface area contributed by atoms with Gasteiger partial charge in [0.25, 0.3) is 0 Å². The Bertz CT molecular complexity index is 460. The SMILES string of the molecule is [CH2]C(=O)c1ccc(-c2ccccc2)cn1. The highest BCUT2D eigenvalue weighted by molar-refractivity contribution is 5.97. The lowest BCUT2D eigenvalue weighted by Crippen LogP contribution is -1.95. The predicted octanol–water partition coefficient (Wildman–Crippen LogP) is 2.77. The first-order valence-corrected chi connectivity index (χ1v) is 4.65. The molecule has 0 aliphatic rings. The van der Waals surface area contributed by atoms with Gasteiger partial charge in [0.1, 0.15) is 5.69 Å². The third kappa shape index (κ3) is 2.10. The molecule has 0 saturated heterocycles. The quantitative estimate of drug-likeness (QED) is 0.691. The Morgan fingerprint density at radius 2 is 1.73 bits per heavy atom. The molecule has 0 saturated carbocycles. The van der Waals surface area contributed by atoms with Crippen LogP contribution in [0.2, 0.25) is 0 Å². The first kappa shape index (κ1) is 9.59. The molecule has 2 nitrogen and oxygen atoms in total. The summed E-state index contributed by atoms with van der Waals surface area (Å²) in [6, 6.07) is 13.5. The highest BCUT2D eigenvalue weighted by atomic mass is 16.1. The van der Waals surface area contributed by atoms with Crippen molar-refractivity contribution in [1.29, 1.82) is 0 Å². The van der Waals surface area contributed by atoms with Gasteiger partial charge in [0.15, 0.2) is 5.78 Å². The zero-order chi connectivity index (χ0) is 10.7. The van der Waals surface area contributed by atoms with Crippen LogP contribution in [0, 0.1) is 6.92 Å². The van der Waals surface area contributed by atoms with E-state index in [-0.39, 0.29) is 5.78 Å². The third-order valence-electron chi connectivity index (χ3n) is 2.16. The molecule has 0 bridgehead atoms. The van der Waals surface area contributed by atoms with Crippen molar-refractivity contribution in [3.63, 3.8) is 0 Å². The van der Waals surface area contributed by atoms with E-state index in [1.165, 1.54) is 0 Å². The minimum absolute atomic E-state index is 0.255. The molecule has 0 fully saturated rings. The summed E-state index contributed by atoms with van der Waals surface area (Å²) in [5, 5.41) is 0. The van der Waals surface area contributed by atoms with E-state index in [0.717, 1.165) is 11.1 Å². The van der Waals surface area contributed by atoms with Gasteiger partial charge in [-0.05, 0) is 11.6 Å². The molecule has 2 rings (SSSR count). The van der Waals surface area contributed by atoms with E-state index in [1.54, 1.807) is 12.3 Å².